The third-order valence-corrected chi connectivity index (χ3v) is 6.65. The molecule has 0 radical (unpaired) electrons. The van der Waals surface area contributed by atoms with Crippen LogP contribution in [0, 0.1) is 12.7 Å². The second-order valence-corrected chi connectivity index (χ2v) is 9.05. The maximum atomic E-state index is 13.2. The summed E-state index contributed by atoms with van der Waals surface area (Å²) in [5.41, 5.74) is 2.81. The van der Waals surface area contributed by atoms with Crippen LogP contribution in [0.25, 0.3) is 0 Å². The molecule has 0 fully saturated rings. The van der Waals surface area contributed by atoms with Gasteiger partial charge in [0, 0.05) is 49.6 Å². The molecule has 3 rings (SSSR count). The van der Waals surface area contributed by atoms with Crippen molar-refractivity contribution in [3.63, 3.8) is 0 Å². The lowest BCUT2D eigenvalue weighted by atomic mass is 10.1. The molecule has 2 heterocycles. The predicted molar refractivity (Wildman–Crippen MR) is 129 cm³/mol. The highest BCUT2D eigenvalue weighted by Crippen LogP contribution is 2.25. The maximum absolute atomic E-state index is 13.2. The summed E-state index contributed by atoms with van der Waals surface area (Å²) in [5.74, 6) is -0.381. The van der Waals surface area contributed by atoms with Gasteiger partial charge in [-0.15, -0.1) is 0 Å². The normalized spacial score (nSPS) is 11.9. The van der Waals surface area contributed by atoms with E-state index in [0.29, 0.717) is 42.2 Å². The van der Waals surface area contributed by atoms with Crippen molar-refractivity contribution in [2.24, 2.45) is 7.05 Å². The van der Waals surface area contributed by atoms with E-state index >= 15 is 0 Å². The van der Waals surface area contributed by atoms with Gasteiger partial charge in [-0.05, 0) is 43.2 Å². The second kappa shape index (κ2) is 11.7. The number of nitrogens with zero attached hydrogens (tertiary/aromatic N) is 3. The van der Waals surface area contributed by atoms with Gasteiger partial charge in [0.1, 0.15) is 5.82 Å². The Kier molecular flexibility index (Phi) is 8.77. The Morgan fingerprint density at radius 1 is 1.21 bits per heavy atom. The number of halogens is 1. The van der Waals surface area contributed by atoms with Gasteiger partial charge in [0.25, 0.3) is 5.56 Å². The van der Waals surface area contributed by atoms with E-state index in [9.17, 15) is 14.0 Å². The monoisotopic (exact) mass is 468 g/mol. The lowest BCUT2D eigenvalue weighted by molar-refractivity contribution is -0.120. The molecule has 0 saturated heterocycles. The maximum Gasteiger partial charge on any atom is 0.257 e. The van der Waals surface area contributed by atoms with Crippen LogP contribution in [0.1, 0.15) is 42.3 Å². The van der Waals surface area contributed by atoms with Crippen molar-refractivity contribution >= 4 is 17.7 Å². The molecule has 8 heteroatoms. The summed E-state index contributed by atoms with van der Waals surface area (Å²) in [5, 5.41) is 3.15. The highest BCUT2D eigenvalue weighted by Gasteiger charge is 2.22. The van der Waals surface area contributed by atoms with Gasteiger partial charge in [0.05, 0.1) is 5.25 Å². The fourth-order valence-electron chi connectivity index (χ4n) is 3.45. The van der Waals surface area contributed by atoms with Crippen LogP contribution in [0.2, 0.25) is 0 Å². The van der Waals surface area contributed by atoms with Gasteiger partial charge in [0.15, 0.2) is 5.16 Å². The zero-order valence-electron chi connectivity index (χ0n) is 19.2. The van der Waals surface area contributed by atoms with E-state index in [-0.39, 0.29) is 22.5 Å². The van der Waals surface area contributed by atoms with Crippen molar-refractivity contribution in [1.82, 2.24) is 19.9 Å². The Hall–Kier alpha value is -3.00. The first-order valence-corrected chi connectivity index (χ1v) is 11.9. The molecule has 1 atom stereocenters. The van der Waals surface area contributed by atoms with Gasteiger partial charge in [-0.25, -0.2) is 9.37 Å². The van der Waals surface area contributed by atoms with Gasteiger partial charge in [-0.2, -0.15) is 0 Å². The van der Waals surface area contributed by atoms with Crippen LogP contribution in [0.4, 0.5) is 4.39 Å². The number of carbonyl (C=O) groups excluding carboxylic acids is 1. The third-order valence-electron chi connectivity index (χ3n) is 5.34. The molecular formula is C25H29FN4O2S. The molecule has 1 amide bonds. The second-order valence-electron chi connectivity index (χ2n) is 7.88. The number of aryl methyl sites for hydroxylation is 1. The largest absolute Gasteiger partial charge is 0.355 e. The lowest BCUT2D eigenvalue weighted by Gasteiger charge is -2.18. The van der Waals surface area contributed by atoms with Crippen LogP contribution >= 0.6 is 11.8 Å². The Balaban J connectivity index is 1.71. The Bertz CT molecular complexity index is 1130. The SMILES string of the molecule is CCCC(Sc1nc(C)c(Cc2ccc(F)cc2)c(=O)n1C)C(=O)NCCc1ccccn1. The summed E-state index contributed by atoms with van der Waals surface area (Å²) in [4.78, 5) is 34.8. The summed E-state index contributed by atoms with van der Waals surface area (Å²) in [6, 6.07) is 11.8. The van der Waals surface area contributed by atoms with Crippen LogP contribution < -0.4 is 10.9 Å². The van der Waals surface area contributed by atoms with Crippen LogP contribution in [0.3, 0.4) is 0 Å². The number of amides is 1. The molecule has 0 aliphatic carbocycles. The summed E-state index contributed by atoms with van der Waals surface area (Å²) in [7, 11) is 1.67. The first-order valence-electron chi connectivity index (χ1n) is 11.0. The molecule has 1 aromatic carbocycles. The molecule has 1 N–H and O–H groups in total. The zero-order valence-corrected chi connectivity index (χ0v) is 20.0. The topological polar surface area (TPSA) is 76.9 Å². The molecule has 0 saturated carbocycles. The minimum Gasteiger partial charge on any atom is -0.355 e. The number of thioether (sulfide) groups is 1. The molecule has 174 valence electrons. The van der Waals surface area contributed by atoms with Crippen molar-refractivity contribution < 1.29 is 9.18 Å². The molecule has 0 bridgehead atoms. The van der Waals surface area contributed by atoms with Crippen molar-refractivity contribution in [1.29, 1.82) is 0 Å². The van der Waals surface area contributed by atoms with Crippen LogP contribution in [0.5, 0.6) is 0 Å². The lowest BCUT2D eigenvalue weighted by Crippen LogP contribution is -2.35. The fraction of sp³-hybridized carbons (Fsp3) is 0.360. The number of hydrogen-bond acceptors (Lipinski definition) is 5. The first kappa shape index (κ1) is 24.6. The number of nitrogens with one attached hydrogen (secondary N) is 1. The highest BCUT2D eigenvalue weighted by molar-refractivity contribution is 8.00. The average Bonchev–Trinajstić information content (AvgIpc) is 2.81. The molecule has 0 aliphatic rings. The van der Waals surface area contributed by atoms with Gasteiger partial charge in [-0.3, -0.25) is 19.1 Å². The zero-order chi connectivity index (χ0) is 23.8. The summed E-state index contributed by atoms with van der Waals surface area (Å²) < 4.78 is 14.7. The summed E-state index contributed by atoms with van der Waals surface area (Å²) >= 11 is 1.31. The Morgan fingerprint density at radius 3 is 2.64 bits per heavy atom. The Labute approximate surface area is 197 Å². The minimum atomic E-state index is -0.348. The van der Waals surface area contributed by atoms with Crippen LogP contribution in [0.15, 0.2) is 58.6 Å². The van der Waals surface area contributed by atoms with E-state index in [1.165, 1.54) is 28.5 Å². The van der Waals surface area contributed by atoms with E-state index in [1.807, 2.05) is 25.1 Å². The van der Waals surface area contributed by atoms with Gasteiger partial charge in [0.2, 0.25) is 5.91 Å². The molecule has 1 unspecified atom stereocenters. The number of rotatable bonds is 10. The molecule has 2 aromatic heterocycles. The average molecular weight is 469 g/mol. The smallest absolute Gasteiger partial charge is 0.257 e. The Morgan fingerprint density at radius 2 is 1.97 bits per heavy atom. The molecule has 6 nitrogen and oxygen atoms in total. The summed E-state index contributed by atoms with van der Waals surface area (Å²) in [6.07, 6.45) is 4.28. The van der Waals surface area contributed by atoms with Crippen LogP contribution in [-0.2, 0) is 24.7 Å². The van der Waals surface area contributed by atoms with Crippen molar-refractivity contribution in [3.05, 3.63) is 87.3 Å². The van der Waals surface area contributed by atoms with Crippen molar-refractivity contribution in [3.8, 4) is 0 Å². The standard InChI is InChI=1S/C25H29FN4O2S/c1-4-7-22(23(31)28-15-13-20-8-5-6-14-27-20)33-25-29-17(2)21(24(32)30(25)3)16-18-9-11-19(26)12-10-18/h5-6,8-12,14,22H,4,7,13,15-16H2,1-3H3,(H,28,31). The predicted octanol–water partition coefficient (Wildman–Crippen LogP) is 3.83. The molecule has 0 aliphatic heterocycles. The van der Waals surface area contributed by atoms with Gasteiger partial charge >= 0.3 is 0 Å². The molecule has 33 heavy (non-hydrogen) atoms. The number of benzene rings is 1. The number of hydrogen-bond donors (Lipinski definition) is 1. The highest BCUT2D eigenvalue weighted by atomic mass is 32.2. The van der Waals surface area contributed by atoms with E-state index < -0.39 is 0 Å². The van der Waals surface area contributed by atoms with Gasteiger partial charge in [-0.1, -0.05) is 43.3 Å². The molecule has 3 aromatic rings. The van der Waals surface area contributed by atoms with E-state index in [2.05, 4.69) is 15.3 Å². The third kappa shape index (κ3) is 6.74. The van der Waals surface area contributed by atoms with Crippen molar-refractivity contribution in [2.45, 2.75) is 49.9 Å². The first-order chi connectivity index (χ1) is 15.9. The number of carbonyl (C=O) groups is 1. The van der Waals surface area contributed by atoms with E-state index in [1.54, 1.807) is 32.3 Å². The van der Waals surface area contributed by atoms with E-state index in [4.69, 9.17) is 0 Å². The van der Waals surface area contributed by atoms with Crippen LogP contribution in [-0.4, -0.2) is 32.2 Å². The minimum absolute atomic E-state index is 0.0694. The number of aromatic nitrogens is 3. The van der Waals surface area contributed by atoms with Gasteiger partial charge < -0.3 is 5.32 Å². The molecule has 0 spiro atoms. The molecular weight excluding hydrogens is 439 g/mol. The van der Waals surface area contributed by atoms with Crippen molar-refractivity contribution in [2.75, 3.05) is 6.54 Å². The van der Waals surface area contributed by atoms with E-state index in [0.717, 1.165) is 17.7 Å². The fourth-order valence-corrected chi connectivity index (χ4v) is 4.68. The quantitative estimate of drug-likeness (QED) is 0.361. The summed E-state index contributed by atoms with van der Waals surface area (Å²) in [6.45, 7) is 4.32. The number of pyridine rings is 1.